The summed E-state index contributed by atoms with van der Waals surface area (Å²) < 4.78 is 1.79. The first kappa shape index (κ1) is 6.81. The van der Waals surface area contributed by atoms with E-state index in [0.29, 0.717) is 0 Å². The molecule has 0 aromatic rings. The molecule has 0 aromatic heterocycles. The Bertz CT molecular complexity index is 95.9. The summed E-state index contributed by atoms with van der Waals surface area (Å²) in [5.74, 6) is 0. The van der Waals surface area contributed by atoms with E-state index < -0.39 is 0 Å². The van der Waals surface area contributed by atoms with Crippen molar-refractivity contribution in [2.75, 3.05) is 0 Å². The number of aliphatic imine (C=N–C) groups is 2. The van der Waals surface area contributed by atoms with Crippen LogP contribution in [0.3, 0.4) is 0 Å². The maximum absolute atomic E-state index is 3.67. The van der Waals surface area contributed by atoms with Crippen LogP contribution in [0.25, 0.3) is 0 Å². The Morgan fingerprint density at radius 1 is 1.57 bits per heavy atom. The van der Waals surface area contributed by atoms with E-state index >= 15 is 0 Å². The van der Waals surface area contributed by atoms with E-state index in [0.717, 1.165) is 0 Å². The van der Waals surface area contributed by atoms with E-state index in [1.54, 1.807) is 10.3 Å². The monoisotopic (exact) mass is 208 g/mol. The zero-order chi connectivity index (χ0) is 5.54. The van der Waals surface area contributed by atoms with Gasteiger partial charge in [0.2, 0.25) is 0 Å². The lowest BCUT2D eigenvalue weighted by Gasteiger charge is -1.66. The molecule has 7 heavy (non-hydrogen) atoms. The topological polar surface area (TPSA) is 24.7 Å². The van der Waals surface area contributed by atoms with E-state index in [2.05, 4.69) is 39.3 Å². The number of hydrogen-bond acceptors (Lipinski definition) is 1. The van der Waals surface area contributed by atoms with Gasteiger partial charge in [0.15, 0.2) is 0 Å². The Kier molecular flexibility index (Phi) is 5.65. The minimum absolute atomic E-state index is 1.38. The molecule has 0 rings (SSSR count). The lowest BCUT2D eigenvalue weighted by Crippen LogP contribution is -1.54. The highest BCUT2D eigenvalue weighted by atomic mass is 127. The highest BCUT2D eigenvalue weighted by Gasteiger charge is 1.53. The van der Waals surface area contributed by atoms with Gasteiger partial charge in [0.1, 0.15) is 6.34 Å². The van der Waals surface area contributed by atoms with Crippen molar-refractivity contribution in [3.8, 4) is 0 Å². The van der Waals surface area contributed by atoms with Crippen molar-refractivity contribution in [1.82, 2.24) is 0 Å². The van der Waals surface area contributed by atoms with E-state index in [9.17, 15) is 0 Å². The first-order valence-corrected chi connectivity index (χ1v) is 2.89. The summed E-state index contributed by atoms with van der Waals surface area (Å²) in [6.45, 7) is 3.20. The zero-order valence-corrected chi connectivity index (χ0v) is 5.87. The Balaban J connectivity index is 3.27. The van der Waals surface area contributed by atoms with Crippen molar-refractivity contribution in [2.45, 2.75) is 0 Å². The van der Waals surface area contributed by atoms with Gasteiger partial charge in [-0.15, -0.1) is 0 Å². The third-order valence-electron chi connectivity index (χ3n) is 0.291. The van der Waals surface area contributed by atoms with Gasteiger partial charge in [-0.25, -0.2) is 4.99 Å². The van der Waals surface area contributed by atoms with Crippen LogP contribution >= 0.6 is 22.6 Å². The third-order valence-corrected chi connectivity index (χ3v) is 0.612. The summed E-state index contributed by atoms with van der Waals surface area (Å²) in [6.07, 6.45) is 3.02. The maximum atomic E-state index is 3.67. The molecule has 2 nitrogen and oxygen atoms in total. The largest absolute Gasteiger partial charge is 0.253 e. The van der Waals surface area contributed by atoms with Crippen molar-refractivity contribution in [3.05, 3.63) is 10.3 Å². The van der Waals surface area contributed by atoms with Crippen LogP contribution in [-0.2, 0) is 0 Å². The molecule has 0 unspecified atom stereocenters. The fourth-order valence-electron chi connectivity index (χ4n) is 0.118. The average molecular weight is 208 g/mol. The van der Waals surface area contributed by atoms with Gasteiger partial charge in [0.05, 0.1) is 0 Å². The van der Waals surface area contributed by atoms with Crippen LogP contribution in [0.1, 0.15) is 0 Å². The van der Waals surface area contributed by atoms with Crippen molar-refractivity contribution >= 4 is 35.6 Å². The van der Waals surface area contributed by atoms with Crippen molar-refractivity contribution in [2.24, 2.45) is 9.98 Å². The van der Waals surface area contributed by atoms with Gasteiger partial charge in [0, 0.05) is 6.20 Å². The molecule has 0 aliphatic heterocycles. The van der Waals surface area contributed by atoms with Gasteiger partial charge in [-0.3, -0.25) is 4.99 Å². The first-order valence-electron chi connectivity index (χ1n) is 1.64. The van der Waals surface area contributed by atoms with E-state index in [1.807, 2.05) is 0 Å². The molecule has 0 saturated heterocycles. The number of halogens is 1. The zero-order valence-electron chi connectivity index (χ0n) is 3.71. The molecule has 0 N–H and O–H groups in total. The number of nitrogens with zero attached hydrogens (tertiary/aromatic N) is 2. The van der Waals surface area contributed by atoms with Crippen LogP contribution in [0.2, 0.25) is 0 Å². The van der Waals surface area contributed by atoms with Gasteiger partial charge >= 0.3 is 0 Å². The second-order valence-electron chi connectivity index (χ2n) is 0.722. The normalized spacial score (nSPS) is 11.0. The average Bonchev–Trinajstić information content (AvgIpc) is 1.69. The molecule has 0 aromatic carbocycles. The van der Waals surface area contributed by atoms with Gasteiger partial charge < -0.3 is 0 Å². The molecule has 0 saturated carbocycles. The Morgan fingerprint density at radius 2 is 2.29 bits per heavy atom. The van der Waals surface area contributed by atoms with Crippen LogP contribution < -0.4 is 0 Å². The second-order valence-corrected chi connectivity index (χ2v) is 1.44. The van der Waals surface area contributed by atoms with Crippen LogP contribution in [0.5, 0.6) is 0 Å². The standard InChI is InChI=1S/C4H5IN2/c1-6-4-7-3-2-5/h2-4H,1H2/b3-2-,7-4?. The molecular weight excluding hydrogens is 203 g/mol. The summed E-state index contributed by atoms with van der Waals surface area (Å²) >= 11 is 2.07. The lowest BCUT2D eigenvalue weighted by molar-refractivity contribution is 1.58. The molecule has 0 aliphatic rings. The second kappa shape index (κ2) is 5.81. The third kappa shape index (κ3) is 5.81. The predicted octanol–water partition coefficient (Wildman–Crippen LogP) is 1.62. The van der Waals surface area contributed by atoms with Crippen molar-refractivity contribution in [3.63, 3.8) is 0 Å². The predicted molar refractivity (Wildman–Crippen MR) is 41.2 cm³/mol. The molecular formula is C4H5IN2. The molecule has 0 radical (unpaired) electrons. The van der Waals surface area contributed by atoms with Gasteiger partial charge in [-0.05, 0) is 10.8 Å². The Hall–Kier alpha value is -0.190. The summed E-state index contributed by atoms with van der Waals surface area (Å²) in [6, 6.07) is 0. The summed E-state index contributed by atoms with van der Waals surface area (Å²) in [7, 11) is 0. The quantitative estimate of drug-likeness (QED) is 0.374. The Morgan fingerprint density at radius 3 is 2.71 bits per heavy atom. The molecule has 0 amide bonds. The maximum Gasteiger partial charge on any atom is 0.114 e. The van der Waals surface area contributed by atoms with Crippen LogP contribution in [0, 0.1) is 0 Å². The highest BCUT2D eigenvalue weighted by molar-refractivity contribution is 14.1. The smallest absolute Gasteiger partial charge is 0.114 e. The van der Waals surface area contributed by atoms with Gasteiger partial charge in [-0.1, -0.05) is 22.6 Å². The molecule has 0 aliphatic carbocycles. The summed E-state index contributed by atoms with van der Waals surface area (Å²) in [5, 5.41) is 0. The van der Waals surface area contributed by atoms with Gasteiger partial charge in [-0.2, -0.15) is 0 Å². The van der Waals surface area contributed by atoms with E-state index in [1.165, 1.54) is 6.34 Å². The fourth-order valence-corrected chi connectivity index (χ4v) is 0.304. The number of rotatable bonds is 2. The lowest BCUT2D eigenvalue weighted by atomic mass is 11.0. The molecule has 0 fully saturated rings. The first-order chi connectivity index (χ1) is 3.41. The van der Waals surface area contributed by atoms with Crippen LogP contribution in [0.4, 0.5) is 0 Å². The molecule has 3 heteroatoms. The van der Waals surface area contributed by atoms with Crippen molar-refractivity contribution < 1.29 is 0 Å². The Labute approximate surface area is 56.2 Å². The molecule has 0 bridgehead atoms. The van der Waals surface area contributed by atoms with Crippen LogP contribution in [0.15, 0.2) is 20.3 Å². The molecule has 0 heterocycles. The molecule has 38 valence electrons. The minimum atomic E-state index is 1.38. The molecule has 0 spiro atoms. The number of hydrogen-bond donors (Lipinski definition) is 0. The molecule has 0 atom stereocenters. The SMILES string of the molecule is C=NC=N/C=C\I. The highest BCUT2D eigenvalue weighted by Crippen LogP contribution is 1.81. The van der Waals surface area contributed by atoms with E-state index in [-0.39, 0.29) is 0 Å². The van der Waals surface area contributed by atoms with Crippen molar-refractivity contribution in [1.29, 1.82) is 0 Å². The summed E-state index contributed by atoms with van der Waals surface area (Å²) in [4.78, 5) is 7.04. The van der Waals surface area contributed by atoms with Gasteiger partial charge in [0.25, 0.3) is 0 Å². The fraction of sp³-hybridized carbons (Fsp3) is 0. The van der Waals surface area contributed by atoms with E-state index in [4.69, 9.17) is 0 Å². The minimum Gasteiger partial charge on any atom is -0.253 e. The van der Waals surface area contributed by atoms with Crippen LogP contribution in [-0.4, -0.2) is 13.1 Å². The summed E-state index contributed by atoms with van der Waals surface area (Å²) in [5.41, 5.74) is 0.